The minimum absolute atomic E-state index is 0.167. The van der Waals surface area contributed by atoms with E-state index in [4.69, 9.17) is 9.47 Å². The molecule has 0 saturated carbocycles. The van der Waals surface area contributed by atoms with Crippen LogP contribution in [0.25, 0.3) is 0 Å². The molecular weight excluding hydrogens is 202 g/mol. The third-order valence-electron chi connectivity index (χ3n) is 2.34. The number of nitrogens with one attached hydrogen (secondary N) is 1. The van der Waals surface area contributed by atoms with E-state index in [9.17, 15) is 0 Å². The summed E-state index contributed by atoms with van der Waals surface area (Å²) in [7, 11) is 3.63. The van der Waals surface area contributed by atoms with Crippen molar-refractivity contribution in [1.82, 2.24) is 5.32 Å². The molecule has 1 rings (SSSR count). The number of para-hydroxylation sites is 1. The summed E-state index contributed by atoms with van der Waals surface area (Å²) >= 11 is 0. The molecule has 0 aliphatic carbocycles. The van der Waals surface area contributed by atoms with Crippen LogP contribution in [0.3, 0.4) is 0 Å². The SMILES string of the molecule is CNC(COC)c1ccccc1OC(C)C. The van der Waals surface area contributed by atoms with E-state index in [-0.39, 0.29) is 12.1 Å². The highest BCUT2D eigenvalue weighted by atomic mass is 16.5. The lowest BCUT2D eigenvalue weighted by molar-refractivity contribution is 0.166. The number of benzene rings is 1. The molecule has 90 valence electrons. The molecule has 1 N–H and O–H groups in total. The molecule has 0 heterocycles. The molecule has 0 saturated heterocycles. The smallest absolute Gasteiger partial charge is 0.124 e. The second kappa shape index (κ2) is 6.51. The number of rotatable bonds is 6. The minimum Gasteiger partial charge on any atom is -0.491 e. The summed E-state index contributed by atoms with van der Waals surface area (Å²) in [4.78, 5) is 0. The lowest BCUT2D eigenvalue weighted by Gasteiger charge is -2.20. The van der Waals surface area contributed by atoms with Crippen molar-refractivity contribution in [1.29, 1.82) is 0 Å². The largest absolute Gasteiger partial charge is 0.491 e. The average molecular weight is 223 g/mol. The first kappa shape index (κ1) is 13.0. The first-order chi connectivity index (χ1) is 7.69. The van der Waals surface area contributed by atoms with Crippen LogP contribution < -0.4 is 10.1 Å². The molecule has 0 bridgehead atoms. The first-order valence-electron chi connectivity index (χ1n) is 5.60. The van der Waals surface area contributed by atoms with E-state index in [1.165, 1.54) is 0 Å². The standard InChI is InChI=1S/C13H21NO2/c1-10(2)16-13-8-6-5-7-11(13)12(14-3)9-15-4/h5-8,10,12,14H,9H2,1-4H3. The fraction of sp³-hybridized carbons (Fsp3) is 0.538. The Hall–Kier alpha value is -1.06. The van der Waals surface area contributed by atoms with E-state index < -0.39 is 0 Å². The average Bonchev–Trinajstić information content (AvgIpc) is 2.26. The van der Waals surface area contributed by atoms with E-state index in [2.05, 4.69) is 11.4 Å². The quantitative estimate of drug-likeness (QED) is 0.803. The van der Waals surface area contributed by atoms with Crippen molar-refractivity contribution in [2.24, 2.45) is 0 Å². The highest BCUT2D eigenvalue weighted by Crippen LogP contribution is 2.25. The Balaban J connectivity index is 2.91. The zero-order chi connectivity index (χ0) is 12.0. The highest BCUT2D eigenvalue weighted by molar-refractivity contribution is 5.36. The van der Waals surface area contributed by atoms with E-state index >= 15 is 0 Å². The molecule has 0 spiro atoms. The normalized spacial score (nSPS) is 12.8. The highest BCUT2D eigenvalue weighted by Gasteiger charge is 2.14. The fourth-order valence-corrected chi connectivity index (χ4v) is 1.62. The van der Waals surface area contributed by atoms with Crippen LogP contribution in [-0.2, 0) is 4.74 Å². The Morgan fingerprint density at radius 2 is 1.94 bits per heavy atom. The van der Waals surface area contributed by atoms with Crippen LogP contribution in [0.1, 0.15) is 25.5 Å². The van der Waals surface area contributed by atoms with E-state index in [0.29, 0.717) is 6.61 Å². The van der Waals surface area contributed by atoms with Crippen LogP contribution in [0.15, 0.2) is 24.3 Å². The van der Waals surface area contributed by atoms with Gasteiger partial charge >= 0.3 is 0 Å². The van der Waals surface area contributed by atoms with Crippen molar-refractivity contribution in [2.75, 3.05) is 20.8 Å². The molecule has 0 aromatic heterocycles. The van der Waals surface area contributed by atoms with Gasteiger partial charge in [-0.05, 0) is 27.0 Å². The van der Waals surface area contributed by atoms with Gasteiger partial charge in [-0.3, -0.25) is 0 Å². The molecule has 1 aromatic carbocycles. The van der Waals surface area contributed by atoms with E-state index in [1.807, 2.05) is 39.1 Å². The van der Waals surface area contributed by atoms with Crippen molar-refractivity contribution in [3.8, 4) is 5.75 Å². The molecule has 3 nitrogen and oxygen atoms in total. The van der Waals surface area contributed by atoms with Crippen LogP contribution in [-0.4, -0.2) is 26.9 Å². The molecule has 0 fully saturated rings. The molecule has 0 radical (unpaired) electrons. The summed E-state index contributed by atoms with van der Waals surface area (Å²) in [6.07, 6.45) is 0.182. The summed E-state index contributed by atoms with van der Waals surface area (Å²) in [5.74, 6) is 0.925. The Morgan fingerprint density at radius 1 is 1.25 bits per heavy atom. The van der Waals surface area contributed by atoms with Gasteiger partial charge in [0, 0.05) is 12.7 Å². The van der Waals surface area contributed by atoms with Crippen molar-refractivity contribution in [3.63, 3.8) is 0 Å². The maximum absolute atomic E-state index is 5.78. The van der Waals surface area contributed by atoms with Gasteiger partial charge in [0.15, 0.2) is 0 Å². The molecule has 0 amide bonds. The van der Waals surface area contributed by atoms with Crippen LogP contribution in [0, 0.1) is 0 Å². The van der Waals surface area contributed by atoms with Gasteiger partial charge in [-0.1, -0.05) is 18.2 Å². The second-order valence-corrected chi connectivity index (χ2v) is 4.00. The van der Waals surface area contributed by atoms with Gasteiger partial charge < -0.3 is 14.8 Å². The summed E-state index contributed by atoms with van der Waals surface area (Å²) in [5.41, 5.74) is 1.14. The first-order valence-corrected chi connectivity index (χ1v) is 5.60. The summed E-state index contributed by atoms with van der Waals surface area (Å²) in [6.45, 7) is 4.69. The van der Waals surface area contributed by atoms with Crippen molar-refractivity contribution in [3.05, 3.63) is 29.8 Å². The van der Waals surface area contributed by atoms with Crippen molar-refractivity contribution >= 4 is 0 Å². The van der Waals surface area contributed by atoms with Gasteiger partial charge in [0.1, 0.15) is 5.75 Å². The monoisotopic (exact) mass is 223 g/mol. The molecule has 0 aliphatic rings. The number of hydrogen-bond acceptors (Lipinski definition) is 3. The van der Waals surface area contributed by atoms with Crippen molar-refractivity contribution < 1.29 is 9.47 Å². The molecule has 0 aliphatic heterocycles. The summed E-state index contributed by atoms with van der Waals surface area (Å²) in [5, 5.41) is 3.23. The van der Waals surface area contributed by atoms with Crippen LogP contribution in [0.2, 0.25) is 0 Å². The third kappa shape index (κ3) is 3.51. The zero-order valence-electron chi connectivity index (χ0n) is 10.5. The minimum atomic E-state index is 0.167. The number of hydrogen-bond donors (Lipinski definition) is 1. The van der Waals surface area contributed by atoms with Crippen LogP contribution in [0.5, 0.6) is 5.75 Å². The van der Waals surface area contributed by atoms with E-state index in [1.54, 1.807) is 7.11 Å². The van der Waals surface area contributed by atoms with Crippen molar-refractivity contribution in [2.45, 2.75) is 26.0 Å². The van der Waals surface area contributed by atoms with Gasteiger partial charge in [0.25, 0.3) is 0 Å². The molecule has 3 heteroatoms. The van der Waals surface area contributed by atoms with Gasteiger partial charge in [0.2, 0.25) is 0 Å². The molecule has 16 heavy (non-hydrogen) atoms. The van der Waals surface area contributed by atoms with Gasteiger partial charge in [-0.15, -0.1) is 0 Å². The Morgan fingerprint density at radius 3 is 2.50 bits per heavy atom. The Labute approximate surface area is 97.8 Å². The summed E-state index contributed by atoms with van der Waals surface area (Å²) < 4.78 is 11.0. The lowest BCUT2D eigenvalue weighted by Crippen LogP contribution is -2.22. The maximum atomic E-state index is 5.78. The fourth-order valence-electron chi connectivity index (χ4n) is 1.62. The third-order valence-corrected chi connectivity index (χ3v) is 2.34. The number of likely N-dealkylation sites (N-methyl/N-ethyl adjacent to an activating group) is 1. The van der Waals surface area contributed by atoms with Gasteiger partial charge in [-0.2, -0.15) is 0 Å². The predicted molar refractivity (Wildman–Crippen MR) is 65.9 cm³/mol. The number of ether oxygens (including phenoxy) is 2. The van der Waals surface area contributed by atoms with Crippen LogP contribution >= 0.6 is 0 Å². The molecule has 1 atom stereocenters. The lowest BCUT2D eigenvalue weighted by atomic mass is 10.1. The molecule has 1 aromatic rings. The molecule has 1 unspecified atom stereocenters. The zero-order valence-corrected chi connectivity index (χ0v) is 10.5. The van der Waals surface area contributed by atoms with E-state index in [0.717, 1.165) is 11.3 Å². The van der Waals surface area contributed by atoms with Crippen LogP contribution in [0.4, 0.5) is 0 Å². The van der Waals surface area contributed by atoms with Gasteiger partial charge in [0.05, 0.1) is 18.8 Å². The maximum Gasteiger partial charge on any atom is 0.124 e. The second-order valence-electron chi connectivity index (χ2n) is 4.00. The number of methoxy groups -OCH3 is 1. The topological polar surface area (TPSA) is 30.5 Å². The Kier molecular flexibility index (Phi) is 5.29. The summed E-state index contributed by atoms with van der Waals surface area (Å²) in [6, 6.07) is 8.23. The molecular formula is C13H21NO2. The predicted octanol–water partition coefficient (Wildman–Crippen LogP) is 2.38. The van der Waals surface area contributed by atoms with Gasteiger partial charge in [-0.25, -0.2) is 0 Å². The Bertz CT molecular complexity index is 313.